The van der Waals surface area contributed by atoms with Crippen molar-refractivity contribution in [3.63, 3.8) is 0 Å². The number of aromatic nitrogens is 2. The van der Waals surface area contributed by atoms with Crippen molar-refractivity contribution in [1.29, 1.82) is 0 Å². The molecule has 1 saturated heterocycles. The van der Waals surface area contributed by atoms with Crippen LogP contribution < -0.4 is 10.2 Å². The molecule has 0 radical (unpaired) electrons. The molecule has 1 aliphatic heterocycles. The van der Waals surface area contributed by atoms with E-state index in [1.165, 1.54) is 12.3 Å². The highest BCUT2D eigenvalue weighted by Gasteiger charge is 2.33. The van der Waals surface area contributed by atoms with E-state index in [0.29, 0.717) is 5.39 Å². The van der Waals surface area contributed by atoms with Crippen molar-refractivity contribution in [3.05, 3.63) is 54.4 Å². The molecule has 0 spiro atoms. The standard InChI is InChI=1S/C19H17F3N4/c20-19(21,22)16-3-1-2-15-14(5-7-25-18(15)16)13-4-6-24-17(12-13)26-10-8-23-9-11-26/h1-7,12,23H,8-11H2. The van der Waals surface area contributed by atoms with Crippen LogP contribution in [-0.4, -0.2) is 36.1 Å². The van der Waals surface area contributed by atoms with Gasteiger partial charge < -0.3 is 10.2 Å². The predicted octanol–water partition coefficient (Wildman–Crippen LogP) is 3.73. The minimum absolute atomic E-state index is 0.0296. The second kappa shape index (κ2) is 6.57. The Hall–Kier alpha value is -2.67. The minimum atomic E-state index is -4.44. The van der Waals surface area contributed by atoms with Crippen molar-refractivity contribution >= 4 is 16.7 Å². The van der Waals surface area contributed by atoms with Crippen LogP contribution in [0.25, 0.3) is 22.0 Å². The van der Waals surface area contributed by atoms with Crippen LogP contribution in [0.4, 0.5) is 19.0 Å². The third-order valence-electron chi connectivity index (χ3n) is 4.57. The smallest absolute Gasteiger partial charge is 0.354 e. The molecule has 0 unspecified atom stereocenters. The first-order chi connectivity index (χ1) is 12.5. The van der Waals surface area contributed by atoms with Gasteiger partial charge in [-0.05, 0) is 35.4 Å². The number of benzene rings is 1. The summed E-state index contributed by atoms with van der Waals surface area (Å²) in [6, 6.07) is 9.67. The molecule has 3 aromatic rings. The Morgan fingerprint density at radius 1 is 0.962 bits per heavy atom. The van der Waals surface area contributed by atoms with E-state index in [1.807, 2.05) is 12.1 Å². The van der Waals surface area contributed by atoms with Gasteiger partial charge in [0.1, 0.15) is 5.82 Å². The lowest BCUT2D eigenvalue weighted by Gasteiger charge is -2.28. The molecule has 0 bridgehead atoms. The number of alkyl halides is 3. The van der Waals surface area contributed by atoms with Gasteiger partial charge in [0.2, 0.25) is 0 Å². The summed E-state index contributed by atoms with van der Waals surface area (Å²) in [4.78, 5) is 10.6. The SMILES string of the molecule is FC(F)(F)c1cccc2c(-c3ccnc(N4CCNCC4)c3)ccnc12. The number of anilines is 1. The number of nitrogens with one attached hydrogen (secondary N) is 1. The zero-order valence-corrected chi connectivity index (χ0v) is 13.9. The third-order valence-corrected chi connectivity index (χ3v) is 4.57. The van der Waals surface area contributed by atoms with Gasteiger partial charge in [-0.25, -0.2) is 4.98 Å². The van der Waals surface area contributed by atoms with Crippen molar-refractivity contribution in [3.8, 4) is 11.1 Å². The number of hydrogen-bond donors (Lipinski definition) is 1. The van der Waals surface area contributed by atoms with Gasteiger partial charge in [-0.1, -0.05) is 12.1 Å². The number of fused-ring (bicyclic) bond motifs is 1. The first-order valence-corrected chi connectivity index (χ1v) is 8.41. The molecule has 0 amide bonds. The molecular weight excluding hydrogens is 341 g/mol. The fraction of sp³-hybridized carbons (Fsp3) is 0.263. The molecule has 4 rings (SSSR count). The van der Waals surface area contributed by atoms with Gasteiger partial charge in [0.05, 0.1) is 11.1 Å². The van der Waals surface area contributed by atoms with Crippen LogP contribution in [0.15, 0.2) is 48.8 Å². The first kappa shape index (κ1) is 16.8. The fourth-order valence-corrected chi connectivity index (χ4v) is 3.31. The molecule has 1 fully saturated rings. The van der Waals surface area contributed by atoms with Crippen LogP contribution in [0.1, 0.15) is 5.56 Å². The summed E-state index contributed by atoms with van der Waals surface area (Å²) in [5.74, 6) is 0.834. The van der Waals surface area contributed by atoms with Gasteiger partial charge in [-0.3, -0.25) is 4.98 Å². The number of halogens is 3. The maximum Gasteiger partial charge on any atom is 0.418 e. The van der Waals surface area contributed by atoms with Crippen LogP contribution in [0.2, 0.25) is 0 Å². The maximum atomic E-state index is 13.3. The molecule has 1 aromatic carbocycles. The molecule has 0 saturated carbocycles. The van der Waals surface area contributed by atoms with Crippen LogP contribution in [-0.2, 0) is 6.18 Å². The summed E-state index contributed by atoms with van der Waals surface area (Å²) in [5.41, 5.74) is 0.811. The molecule has 4 nitrogen and oxygen atoms in total. The Morgan fingerprint density at radius 3 is 2.50 bits per heavy atom. The molecule has 0 atom stereocenters. The summed E-state index contributed by atoms with van der Waals surface area (Å²) >= 11 is 0. The van der Waals surface area contributed by atoms with Gasteiger partial charge in [-0.15, -0.1) is 0 Å². The van der Waals surface area contributed by atoms with Gasteiger partial charge in [-0.2, -0.15) is 13.2 Å². The quantitative estimate of drug-likeness (QED) is 0.758. The van der Waals surface area contributed by atoms with Crippen molar-refractivity contribution in [2.45, 2.75) is 6.18 Å². The van der Waals surface area contributed by atoms with Crippen LogP contribution in [0, 0.1) is 0 Å². The van der Waals surface area contributed by atoms with E-state index in [9.17, 15) is 13.2 Å². The Labute approximate surface area is 148 Å². The monoisotopic (exact) mass is 358 g/mol. The summed E-state index contributed by atoms with van der Waals surface area (Å²) in [7, 11) is 0. The highest BCUT2D eigenvalue weighted by molar-refractivity contribution is 5.96. The number of pyridine rings is 2. The lowest BCUT2D eigenvalue weighted by atomic mass is 9.99. The van der Waals surface area contributed by atoms with Gasteiger partial charge in [0, 0.05) is 44.0 Å². The lowest BCUT2D eigenvalue weighted by Crippen LogP contribution is -2.43. The van der Waals surface area contributed by atoms with Crippen molar-refractivity contribution in [2.75, 3.05) is 31.1 Å². The molecule has 7 heteroatoms. The lowest BCUT2D eigenvalue weighted by molar-refractivity contribution is -0.136. The molecule has 26 heavy (non-hydrogen) atoms. The maximum absolute atomic E-state index is 13.3. The van der Waals surface area contributed by atoms with Gasteiger partial charge >= 0.3 is 6.18 Å². The second-order valence-corrected chi connectivity index (χ2v) is 6.20. The highest BCUT2D eigenvalue weighted by Crippen LogP contribution is 2.37. The van der Waals surface area contributed by atoms with E-state index in [1.54, 1.807) is 18.3 Å². The number of para-hydroxylation sites is 1. The van der Waals surface area contributed by atoms with Crippen molar-refractivity contribution in [1.82, 2.24) is 15.3 Å². The van der Waals surface area contributed by atoms with E-state index in [4.69, 9.17) is 0 Å². The van der Waals surface area contributed by atoms with Crippen LogP contribution >= 0.6 is 0 Å². The molecule has 0 aliphatic carbocycles. The fourth-order valence-electron chi connectivity index (χ4n) is 3.31. The van der Waals surface area contributed by atoms with E-state index >= 15 is 0 Å². The van der Waals surface area contributed by atoms with Gasteiger partial charge in [0.15, 0.2) is 0 Å². The van der Waals surface area contributed by atoms with Gasteiger partial charge in [0.25, 0.3) is 0 Å². The first-order valence-electron chi connectivity index (χ1n) is 8.41. The van der Waals surface area contributed by atoms with E-state index in [2.05, 4.69) is 20.2 Å². The van der Waals surface area contributed by atoms with E-state index in [0.717, 1.165) is 49.2 Å². The molecule has 2 aromatic heterocycles. The van der Waals surface area contributed by atoms with E-state index < -0.39 is 11.7 Å². The summed E-state index contributed by atoms with van der Waals surface area (Å²) in [6.45, 7) is 3.48. The molecule has 134 valence electrons. The average molecular weight is 358 g/mol. The summed E-state index contributed by atoms with van der Waals surface area (Å²) in [5, 5.41) is 3.78. The summed E-state index contributed by atoms with van der Waals surface area (Å²) < 4.78 is 39.9. The zero-order chi connectivity index (χ0) is 18.1. The number of rotatable bonds is 2. The highest BCUT2D eigenvalue weighted by atomic mass is 19.4. The van der Waals surface area contributed by atoms with Crippen molar-refractivity contribution in [2.24, 2.45) is 0 Å². The molecule has 3 heterocycles. The van der Waals surface area contributed by atoms with Crippen LogP contribution in [0.5, 0.6) is 0 Å². The van der Waals surface area contributed by atoms with Crippen LogP contribution in [0.3, 0.4) is 0 Å². The summed E-state index contributed by atoms with van der Waals surface area (Å²) in [6.07, 6.45) is -1.31. The second-order valence-electron chi connectivity index (χ2n) is 6.20. The minimum Gasteiger partial charge on any atom is -0.354 e. The number of piperazine rings is 1. The molecule has 1 aliphatic rings. The Kier molecular flexibility index (Phi) is 4.24. The topological polar surface area (TPSA) is 41.1 Å². The predicted molar refractivity (Wildman–Crippen MR) is 95.1 cm³/mol. The largest absolute Gasteiger partial charge is 0.418 e. The third kappa shape index (κ3) is 3.10. The zero-order valence-electron chi connectivity index (χ0n) is 13.9. The molecular formula is C19H17F3N4. The number of nitrogens with zero attached hydrogens (tertiary/aromatic N) is 3. The Bertz CT molecular complexity index is 933. The average Bonchev–Trinajstić information content (AvgIpc) is 2.67. The van der Waals surface area contributed by atoms with E-state index in [-0.39, 0.29) is 5.52 Å². The number of hydrogen-bond acceptors (Lipinski definition) is 4. The Balaban J connectivity index is 1.82. The van der Waals surface area contributed by atoms with Crippen molar-refractivity contribution < 1.29 is 13.2 Å². The molecule has 1 N–H and O–H groups in total. The normalized spacial score (nSPS) is 15.4. The Morgan fingerprint density at radius 2 is 1.73 bits per heavy atom.